The summed E-state index contributed by atoms with van der Waals surface area (Å²) in [5.41, 5.74) is 9.76. The highest BCUT2D eigenvalue weighted by Crippen LogP contribution is 2.15. The van der Waals surface area contributed by atoms with E-state index in [0.717, 1.165) is 11.1 Å². The zero-order valence-corrected chi connectivity index (χ0v) is 25.6. The maximum atomic E-state index is 3.30. The highest BCUT2D eigenvalue weighted by atomic mass is 14.0. The van der Waals surface area contributed by atoms with Gasteiger partial charge in [-0.05, 0) is 83.3 Å². The van der Waals surface area contributed by atoms with E-state index in [2.05, 4.69) is 147 Å². The van der Waals surface area contributed by atoms with Crippen molar-refractivity contribution < 1.29 is 0 Å². The summed E-state index contributed by atoms with van der Waals surface area (Å²) in [7, 11) is 0. The molecule has 0 amide bonds. The highest BCUT2D eigenvalue weighted by Gasteiger charge is 1.97. The van der Waals surface area contributed by atoms with Crippen LogP contribution in [0.1, 0.15) is 110 Å². The smallest absolute Gasteiger partial charge is 0.0249 e. The average Bonchev–Trinajstić information content (AvgIpc) is 3.04. The van der Waals surface area contributed by atoms with Crippen molar-refractivity contribution in [2.75, 3.05) is 0 Å². The monoisotopic (exact) mass is 550 g/mol. The molecule has 0 heterocycles. The van der Waals surface area contributed by atoms with Gasteiger partial charge in [-0.1, -0.05) is 161 Å². The second kappa shape index (κ2) is 17.7. The third-order valence-electron chi connectivity index (χ3n) is 7.71. The zero-order chi connectivity index (χ0) is 29.2. The van der Waals surface area contributed by atoms with Crippen LogP contribution in [0.4, 0.5) is 0 Å². The van der Waals surface area contributed by atoms with Gasteiger partial charge in [-0.25, -0.2) is 0 Å². The van der Waals surface area contributed by atoms with E-state index in [0.29, 0.717) is 0 Å². The molecule has 0 aliphatic carbocycles. The molecule has 4 aromatic rings. The Balaban J connectivity index is 1.25. The molecule has 0 nitrogen and oxygen atoms in total. The van der Waals surface area contributed by atoms with Gasteiger partial charge in [0.25, 0.3) is 0 Å². The molecule has 0 atom stereocenters. The molecule has 0 saturated carbocycles. The number of unbranched alkanes of at least 4 members (excludes halogenated alkanes) is 6. The Morgan fingerprint density at radius 2 is 0.690 bits per heavy atom. The van der Waals surface area contributed by atoms with Crippen LogP contribution < -0.4 is 0 Å². The van der Waals surface area contributed by atoms with E-state index >= 15 is 0 Å². The summed E-state index contributed by atoms with van der Waals surface area (Å²) in [5.74, 6) is 6.61. The van der Waals surface area contributed by atoms with Crippen LogP contribution in [0, 0.1) is 11.8 Å². The first-order valence-corrected chi connectivity index (χ1v) is 16.0. The summed E-state index contributed by atoms with van der Waals surface area (Å²) in [6.45, 7) is 4.52. The zero-order valence-electron chi connectivity index (χ0n) is 25.6. The van der Waals surface area contributed by atoms with Crippen LogP contribution in [0.15, 0.2) is 97.1 Å². The molecule has 0 bridgehead atoms. The second-order valence-corrected chi connectivity index (χ2v) is 11.3. The third-order valence-corrected chi connectivity index (χ3v) is 7.71. The minimum Gasteiger partial charge on any atom is -0.0654 e. The topological polar surface area (TPSA) is 0 Å². The van der Waals surface area contributed by atoms with Gasteiger partial charge in [0.2, 0.25) is 0 Å². The van der Waals surface area contributed by atoms with E-state index in [-0.39, 0.29) is 0 Å². The van der Waals surface area contributed by atoms with Crippen LogP contribution in [-0.2, 0) is 12.8 Å². The maximum absolute atomic E-state index is 3.30. The van der Waals surface area contributed by atoms with Gasteiger partial charge >= 0.3 is 0 Å². The van der Waals surface area contributed by atoms with Gasteiger partial charge in [0, 0.05) is 11.1 Å². The standard InChI is InChI=1S/C42H46/c1-3-5-7-9-11-35-13-17-37(18-14-35)21-23-39-25-29-41(30-26-39)33-34-42-31-27-40(28-32-42)24-22-38-19-15-36(16-20-38)12-10-8-6-4-2/h13-32H,3-12H2,1-2H3/b23-21+,24-22+. The predicted molar refractivity (Wildman–Crippen MR) is 185 cm³/mol. The van der Waals surface area contributed by atoms with Crippen LogP contribution in [0.25, 0.3) is 24.3 Å². The molecule has 0 fully saturated rings. The van der Waals surface area contributed by atoms with Crippen LogP contribution >= 0.6 is 0 Å². The molecule has 0 N–H and O–H groups in total. The van der Waals surface area contributed by atoms with E-state index in [9.17, 15) is 0 Å². The summed E-state index contributed by atoms with van der Waals surface area (Å²) >= 11 is 0. The Morgan fingerprint density at radius 1 is 0.381 bits per heavy atom. The van der Waals surface area contributed by atoms with E-state index in [1.165, 1.54) is 97.6 Å². The number of hydrogen-bond donors (Lipinski definition) is 0. The number of benzene rings is 4. The first-order valence-electron chi connectivity index (χ1n) is 16.0. The van der Waals surface area contributed by atoms with Crippen molar-refractivity contribution in [3.63, 3.8) is 0 Å². The van der Waals surface area contributed by atoms with Gasteiger partial charge in [-0.15, -0.1) is 0 Å². The van der Waals surface area contributed by atoms with E-state index in [1.54, 1.807) is 0 Å². The third kappa shape index (κ3) is 11.1. The lowest BCUT2D eigenvalue weighted by molar-refractivity contribution is 0.667. The van der Waals surface area contributed by atoms with Crippen molar-refractivity contribution >= 4 is 24.3 Å². The molecular weight excluding hydrogens is 504 g/mol. The lowest BCUT2D eigenvalue weighted by Gasteiger charge is -2.02. The normalized spacial score (nSPS) is 11.2. The molecule has 0 heteroatoms. The molecule has 0 aliphatic rings. The van der Waals surface area contributed by atoms with Crippen molar-refractivity contribution in [1.82, 2.24) is 0 Å². The molecule has 214 valence electrons. The van der Waals surface area contributed by atoms with Gasteiger partial charge in [-0.3, -0.25) is 0 Å². The van der Waals surface area contributed by atoms with Gasteiger partial charge in [0.15, 0.2) is 0 Å². The van der Waals surface area contributed by atoms with Gasteiger partial charge in [0.1, 0.15) is 0 Å². The van der Waals surface area contributed by atoms with E-state index in [4.69, 9.17) is 0 Å². The van der Waals surface area contributed by atoms with Gasteiger partial charge in [-0.2, -0.15) is 0 Å². The predicted octanol–water partition coefficient (Wildman–Crippen LogP) is 11.7. The molecule has 0 spiro atoms. The highest BCUT2D eigenvalue weighted by molar-refractivity contribution is 5.71. The number of rotatable bonds is 14. The van der Waals surface area contributed by atoms with E-state index in [1.807, 2.05) is 0 Å². The molecule has 42 heavy (non-hydrogen) atoms. The fourth-order valence-electron chi connectivity index (χ4n) is 4.99. The summed E-state index contributed by atoms with van der Waals surface area (Å²) in [6.07, 6.45) is 21.6. The molecular formula is C42H46. The van der Waals surface area contributed by atoms with Crippen LogP contribution in [0.5, 0.6) is 0 Å². The molecule has 0 saturated heterocycles. The summed E-state index contributed by atoms with van der Waals surface area (Å²) < 4.78 is 0. The van der Waals surface area contributed by atoms with Crippen molar-refractivity contribution in [2.24, 2.45) is 0 Å². The van der Waals surface area contributed by atoms with Crippen LogP contribution in [0.3, 0.4) is 0 Å². The summed E-state index contributed by atoms with van der Waals surface area (Å²) in [4.78, 5) is 0. The lowest BCUT2D eigenvalue weighted by atomic mass is 10.0. The lowest BCUT2D eigenvalue weighted by Crippen LogP contribution is -1.86. The fraction of sp³-hybridized carbons (Fsp3) is 0.286. The maximum Gasteiger partial charge on any atom is 0.0249 e. The summed E-state index contributed by atoms with van der Waals surface area (Å²) in [5, 5.41) is 0. The number of hydrogen-bond acceptors (Lipinski definition) is 0. The van der Waals surface area contributed by atoms with Crippen molar-refractivity contribution in [3.8, 4) is 11.8 Å². The SMILES string of the molecule is CCCCCCc1ccc(/C=C/c2ccc(C#Cc3ccc(/C=C/c4ccc(CCCCCC)cc4)cc3)cc2)cc1. The largest absolute Gasteiger partial charge is 0.0654 e. The Labute approximate surface area is 255 Å². The first-order chi connectivity index (χ1) is 20.7. The Hall–Kier alpha value is -4.08. The Morgan fingerprint density at radius 3 is 1.00 bits per heavy atom. The molecule has 0 aromatic heterocycles. The Bertz CT molecular complexity index is 1320. The molecule has 4 aromatic carbocycles. The van der Waals surface area contributed by atoms with Crippen molar-refractivity contribution in [2.45, 2.75) is 78.1 Å². The minimum atomic E-state index is 1.03. The average molecular weight is 551 g/mol. The van der Waals surface area contributed by atoms with Gasteiger partial charge < -0.3 is 0 Å². The molecule has 0 radical (unpaired) electrons. The van der Waals surface area contributed by atoms with Crippen molar-refractivity contribution in [1.29, 1.82) is 0 Å². The molecule has 0 aliphatic heterocycles. The number of aryl methyl sites for hydroxylation is 2. The minimum absolute atomic E-state index is 1.03. The quantitative estimate of drug-likeness (QED) is 0.0832. The van der Waals surface area contributed by atoms with E-state index < -0.39 is 0 Å². The first kappa shape index (κ1) is 30.9. The van der Waals surface area contributed by atoms with Crippen LogP contribution in [0.2, 0.25) is 0 Å². The van der Waals surface area contributed by atoms with Crippen molar-refractivity contribution in [3.05, 3.63) is 142 Å². The fourth-order valence-corrected chi connectivity index (χ4v) is 4.99. The molecule has 0 unspecified atom stereocenters. The summed E-state index contributed by atoms with van der Waals surface area (Å²) in [6, 6.07) is 34.9. The van der Waals surface area contributed by atoms with Gasteiger partial charge in [0.05, 0.1) is 0 Å². The molecule has 4 rings (SSSR count). The second-order valence-electron chi connectivity index (χ2n) is 11.3. The Kier molecular flexibility index (Phi) is 13.0. The van der Waals surface area contributed by atoms with Crippen LogP contribution in [-0.4, -0.2) is 0 Å².